The zero-order valence-electron chi connectivity index (χ0n) is 10.8. The molecule has 104 valence electrons. The van der Waals surface area contributed by atoms with Gasteiger partial charge in [0.05, 0.1) is 11.3 Å². The van der Waals surface area contributed by atoms with Crippen LogP contribution in [-0.4, -0.2) is 17.4 Å². The number of halogens is 2. The fourth-order valence-electron chi connectivity index (χ4n) is 1.86. The summed E-state index contributed by atoms with van der Waals surface area (Å²) in [7, 11) is 0. The van der Waals surface area contributed by atoms with E-state index in [1.807, 2.05) is 0 Å². The molecule has 0 radical (unpaired) electrons. The molecule has 2 aromatic rings. The first kappa shape index (κ1) is 13.9. The minimum atomic E-state index is -0.896. The topological polar surface area (TPSA) is 59.2 Å². The molecule has 20 heavy (non-hydrogen) atoms. The molecule has 0 unspecified atom stereocenters. The number of nitrogens with zero attached hydrogens (tertiary/aromatic N) is 2. The lowest BCUT2D eigenvalue weighted by atomic mass is 10.2. The van der Waals surface area contributed by atoms with Gasteiger partial charge in [-0.3, -0.25) is 4.79 Å². The van der Waals surface area contributed by atoms with Crippen LogP contribution >= 0.6 is 0 Å². The van der Waals surface area contributed by atoms with E-state index in [1.54, 1.807) is 13.0 Å². The first-order chi connectivity index (χ1) is 9.56. The Bertz CT molecular complexity index is 646. The van der Waals surface area contributed by atoms with Crippen molar-refractivity contribution in [3.05, 3.63) is 53.7 Å². The average Bonchev–Trinajstić information content (AvgIpc) is 2.44. The first-order valence-electron chi connectivity index (χ1n) is 6.02. The highest BCUT2D eigenvalue weighted by molar-refractivity contribution is 6.06. The van der Waals surface area contributed by atoms with Gasteiger partial charge in [0.15, 0.2) is 11.6 Å². The molecule has 4 nitrogen and oxygen atoms in total. The Morgan fingerprint density at radius 1 is 1.30 bits per heavy atom. The van der Waals surface area contributed by atoms with Gasteiger partial charge in [-0.1, -0.05) is 12.1 Å². The summed E-state index contributed by atoms with van der Waals surface area (Å²) in [4.78, 5) is 17.0. The van der Waals surface area contributed by atoms with E-state index in [0.717, 1.165) is 4.90 Å². The van der Waals surface area contributed by atoms with Crippen LogP contribution in [0.5, 0.6) is 0 Å². The Kier molecular flexibility index (Phi) is 3.93. The summed E-state index contributed by atoms with van der Waals surface area (Å²) in [6, 6.07) is 7.03. The molecule has 0 spiro atoms. The van der Waals surface area contributed by atoms with Gasteiger partial charge in [0, 0.05) is 12.7 Å². The van der Waals surface area contributed by atoms with Crippen molar-refractivity contribution in [3.63, 3.8) is 0 Å². The van der Waals surface area contributed by atoms with Crippen molar-refractivity contribution in [3.8, 4) is 0 Å². The van der Waals surface area contributed by atoms with Crippen molar-refractivity contribution in [2.45, 2.75) is 6.92 Å². The van der Waals surface area contributed by atoms with E-state index in [-0.39, 0.29) is 23.6 Å². The van der Waals surface area contributed by atoms with Gasteiger partial charge in [0.2, 0.25) is 0 Å². The highest BCUT2D eigenvalue weighted by Crippen LogP contribution is 2.22. The van der Waals surface area contributed by atoms with Crippen LogP contribution in [0, 0.1) is 11.6 Å². The monoisotopic (exact) mass is 277 g/mol. The first-order valence-corrected chi connectivity index (χ1v) is 6.02. The number of aromatic nitrogens is 1. The molecule has 1 aromatic carbocycles. The lowest BCUT2D eigenvalue weighted by Gasteiger charge is -2.21. The lowest BCUT2D eigenvalue weighted by molar-refractivity contribution is 0.0983. The quantitative estimate of drug-likeness (QED) is 0.938. The number of rotatable bonds is 3. The van der Waals surface area contributed by atoms with E-state index in [0.29, 0.717) is 0 Å². The normalized spacial score (nSPS) is 10.3. The highest BCUT2D eigenvalue weighted by atomic mass is 19.1. The van der Waals surface area contributed by atoms with E-state index in [2.05, 4.69) is 4.98 Å². The molecule has 0 aliphatic carbocycles. The third-order valence-electron chi connectivity index (χ3n) is 2.85. The minimum Gasteiger partial charge on any atom is -0.381 e. The van der Waals surface area contributed by atoms with Gasteiger partial charge in [-0.25, -0.2) is 13.8 Å². The van der Waals surface area contributed by atoms with Crippen LogP contribution in [0.15, 0.2) is 36.5 Å². The summed E-state index contributed by atoms with van der Waals surface area (Å²) in [5, 5.41) is 0. The predicted octanol–water partition coefficient (Wildman–Crippen LogP) is 2.61. The highest BCUT2D eigenvalue weighted by Gasteiger charge is 2.22. The predicted molar refractivity (Wildman–Crippen MR) is 72.4 cm³/mol. The number of carbonyl (C=O) groups is 1. The van der Waals surface area contributed by atoms with Crippen LogP contribution in [0.4, 0.5) is 20.3 Å². The summed E-state index contributed by atoms with van der Waals surface area (Å²) in [6.45, 7) is 1.87. The van der Waals surface area contributed by atoms with E-state index in [1.165, 1.54) is 30.5 Å². The maximum Gasteiger partial charge on any atom is 0.261 e. The molecule has 0 bridgehead atoms. The summed E-state index contributed by atoms with van der Waals surface area (Å²) in [5.41, 5.74) is 5.20. The molecule has 1 amide bonds. The van der Waals surface area contributed by atoms with Crippen LogP contribution in [0.25, 0.3) is 0 Å². The van der Waals surface area contributed by atoms with Gasteiger partial charge in [0.25, 0.3) is 5.91 Å². The maximum absolute atomic E-state index is 13.8. The third kappa shape index (κ3) is 2.45. The third-order valence-corrected chi connectivity index (χ3v) is 2.85. The van der Waals surface area contributed by atoms with Gasteiger partial charge >= 0.3 is 0 Å². The van der Waals surface area contributed by atoms with Crippen molar-refractivity contribution >= 4 is 17.4 Å². The zero-order valence-corrected chi connectivity index (χ0v) is 10.8. The Hall–Kier alpha value is -2.50. The van der Waals surface area contributed by atoms with Crippen molar-refractivity contribution in [2.24, 2.45) is 0 Å². The van der Waals surface area contributed by atoms with E-state index in [9.17, 15) is 13.6 Å². The Morgan fingerprint density at radius 3 is 2.65 bits per heavy atom. The number of hydrogen-bond donors (Lipinski definition) is 1. The average molecular weight is 277 g/mol. The van der Waals surface area contributed by atoms with Crippen LogP contribution in [-0.2, 0) is 0 Å². The SMILES string of the molecule is CCN(C(=O)c1ccnc(N)c1F)c1ccccc1F. The summed E-state index contributed by atoms with van der Waals surface area (Å²) in [5.74, 6) is -2.47. The van der Waals surface area contributed by atoms with Crippen LogP contribution in [0.1, 0.15) is 17.3 Å². The number of amides is 1. The second-order valence-electron chi connectivity index (χ2n) is 4.06. The largest absolute Gasteiger partial charge is 0.381 e. The smallest absolute Gasteiger partial charge is 0.261 e. The molecule has 2 N–H and O–H groups in total. The molecule has 0 saturated heterocycles. The Balaban J connectivity index is 2.45. The van der Waals surface area contributed by atoms with E-state index in [4.69, 9.17) is 5.73 Å². The number of benzene rings is 1. The molecule has 0 aliphatic heterocycles. The van der Waals surface area contributed by atoms with Crippen molar-refractivity contribution in [2.75, 3.05) is 17.2 Å². The number of hydrogen-bond acceptors (Lipinski definition) is 3. The number of carbonyl (C=O) groups excluding carboxylic acids is 1. The summed E-state index contributed by atoms with van der Waals surface area (Å²) >= 11 is 0. The second kappa shape index (κ2) is 5.64. The second-order valence-corrected chi connectivity index (χ2v) is 4.06. The van der Waals surface area contributed by atoms with Gasteiger partial charge in [0.1, 0.15) is 5.82 Å². The molecular weight excluding hydrogens is 264 g/mol. The fourth-order valence-corrected chi connectivity index (χ4v) is 1.86. The minimum absolute atomic E-state index is 0.0924. The summed E-state index contributed by atoms with van der Waals surface area (Å²) in [6.07, 6.45) is 1.24. The van der Waals surface area contributed by atoms with Crippen LogP contribution in [0.2, 0.25) is 0 Å². The Labute approximate surface area is 114 Å². The van der Waals surface area contributed by atoms with Gasteiger partial charge in [-0.05, 0) is 25.1 Å². The molecule has 0 saturated carbocycles. The van der Waals surface area contributed by atoms with Crippen molar-refractivity contribution < 1.29 is 13.6 Å². The van der Waals surface area contributed by atoms with Gasteiger partial charge in [-0.15, -0.1) is 0 Å². The van der Waals surface area contributed by atoms with Crippen LogP contribution in [0.3, 0.4) is 0 Å². The van der Waals surface area contributed by atoms with E-state index >= 15 is 0 Å². The summed E-state index contributed by atoms with van der Waals surface area (Å²) < 4.78 is 27.6. The van der Waals surface area contributed by atoms with Crippen LogP contribution < -0.4 is 10.6 Å². The van der Waals surface area contributed by atoms with Crippen molar-refractivity contribution in [1.29, 1.82) is 0 Å². The lowest BCUT2D eigenvalue weighted by Crippen LogP contribution is -2.32. The Morgan fingerprint density at radius 2 is 2.00 bits per heavy atom. The fraction of sp³-hybridized carbons (Fsp3) is 0.143. The van der Waals surface area contributed by atoms with E-state index < -0.39 is 17.5 Å². The number of pyridine rings is 1. The number of nitrogen functional groups attached to an aromatic ring is 1. The van der Waals surface area contributed by atoms with Gasteiger partial charge in [-0.2, -0.15) is 0 Å². The molecule has 1 heterocycles. The zero-order chi connectivity index (χ0) is 14.7. The molecule has 1 aromatic heterocycles. The molecule has 0 fully saturated rings. The molecule has 6 heteroatoms. The number of anilines is 2. The maximum atomic E-state index is 13.8. The number of nitrogens with two attached hydrogens (primary N) is 1. The molecule has 2 rings (SSSR count). The molecule has 0 aliphatic rings. The molecule has 0 atom stereocenters. The van der Waals surface area contributed by atoms with Crippen molar-refractivity contribution in [1.82, 2.24) is 4.98 Å². The number of para-hydroxylation sites is 1. The van der Waals surface area contributed by atoms with Gasteiger partial charge < -0.3 is 10.6 Å². The molecular formula is C14H13F2N3O. The standard InChI is InChI=1S/C14H13F2N3O/c1-2-19(11-6-4-3-5-10(11)15)14(20)9-7-8-18-13(17)12(9)16/h3-8H,2H2,1H3,(H2,17,18).